The van der Waals surface area contributed by atoms with Gasteiger partial charge in [0.25, 0.3) is 0 Å². The fourth-order valence-corrected chi connectivity index (χ4v) is 7.04. The zero-order valence-electron chi connectivity index (χ0n) is 34.3. The topological polar surface area (TPSA) is 0 Å². The summed E-state index contributed by atoms with van der Waals surface area (Å²) in [6, 6.07) is 28.9. The first-order valence-corrected chi connectivity index (χ1v) is 19.5. The average Bonchev–Trinajstić information content (AvgIpc) is 3.70. The zero-order valence-corrected chi connectivity index (χ0v) is 38.2. The van der Waals surface area contributed by atoms with Crippen LogP contribution in [0.3, 0.4) is 0 Å². The Bertz CT molecular complexity index is 1770. The van der Waals surface area contributed by atoms with Crippen LogP contribution in [0.2, 0.25) is 0 Å². The van der Waals surface area contributed by atoms with Gasteiger partial charge in [0.05, 0.1) is 0 Å². The van der Waals surface area contributed by atoms with Gasteiger partial charge in [-0.1, -0.05) is 124 Å². The summed E-state index contributed by atoms with van der Waals surface area (Å²) < 4.78 is 1.66. The maximum atomic E-state index is 3.93. The number of aryl methyl sites for hydroxylation is 2. The fourth-order valence-electron chi connectivity index (χ4n) is 7.04. The molecule has 52 heavy (non-hydrogen) atoms. The molecule has 0 unspecified atom stereocenters. The average molecular weight is 811 g/mol. The second-order valence-corrected chi connectivity index (χ2v) is 19.4. The van der Waals surface area contributed by atoms with Crippen LogP contribution in [0, 0.1) is 36.8 Å². The number of fused-ring (bicyclic) bond motifs is 3. The minimum absolute atomic E-state index is 0. The first kappa shape index (κ1) is 45.8. The molecule has 6 rings (SSSR count). The van der Waals surface area contributed by atoms with E-state index in [1.807, 2.05) is 12.2 Å². The third-order valence-electron chi connectivity index (χ3n) is 9.61. The van der Waals surface area contributed by atoms with Gasteiger partial charge < -0.3 is 24.8 Å². The first-order chi connectivity index (χ1) is 23.1. The Morgan fingerprint density at radius 3 is 1.50 bits per heavy atom. The normalized spacial score (nSPS) is 13.1. The largest absolute Gasteiger partial charge is 1.00 e. The third-order valence-corrected chi connectivity index (χ3v) is 13.3. The standard InChI is InChI=1S/C35H37.C9H18.C5H5.2ClH.Zr/c1-22-13-9-11-15-26(22)30-18-24-17-25-19-31(27-16-12-10-14-23(27)2)33(35(6,7)8)21-29(25)28(24)20-32(30)34(3,4)5;1-8(2,3)7-9(4,5)6;1-2-4-5-3-1;;;/h9-16,18,20-21H,17H2,1-8H3;1-6H3;1-3H,4H2;2*1H;/q-1;;-1;;;+2/p-2. The molecule has 0 saturated heterocycles. The summed E-state index contributed by atoms with van der Waals surface area (Å²) in [5, 5.41) is 0. The van der Waals surface area contributed by atoms with Gasteiger partial charge in [0, 0.05) is 0 Å². The van der Waals surface area contributed by atoms with Gasteiger partial charge in [0.1, 0.15) is 0 Å². The fraction of sp³-hybridized carbons (Fsp3) is 0.408. The van der Waals surface area contributed by atoms with Crippen LogP contribution in [0.25, 0.3) is 33.4 Å². The molecular weight excluding hydrogens is 751 g/mol. The number of halogens is 2. The predicted molar refractivity (Wildman–Crippen MR) is 217 cm³/mol. The summed E-state index contributed by atoms with van der Waals surface area (Å²) in [6.07, 6.45) is 10.9. The van der Waals surface area contributed by atoms with E-state index < -0.39 is 0 Å². The summed E-state index contributed by atoms with van der Waals surface area (Å²) in [4.78, 5) is 0. The number of allylic oxidation sites excluding steroid dienone is 4. The van der Waals surface area contributed by atoms with Gasteiger partial charge in [-0.3, -0.25) is 6.08 Å². The number of hydrogen-bond acceptors (Lipinski definition) is 0. The summed E-state index contributed by atoms with van der Waals surface area (Å²) in [5.41, 5.74) is 17.1. The Morgan fingerprint density at radius 1 is 0.596 bits per heavy atom. The van der Waals surface area contributed by atoms with E-state index >= 15 is 0 Å². The van der Waals surface area contributed by atoms with Gasteiger partial charge in [0.2, 0.25) is 0 Å². The van der Waals surface area contributed by atoms with Crippen LogP contribution in [0.15, 0.2) is 85.0 Å². The van der Waals surface area contributed by atoms with Crippen molar-refractivity contribution in [2.24, 2.45) is 10.8 Å². The minimum atomic E-state index is 0. The molecule has 0 nitrogen and oxygen atoms in total. The molecular formula is C49H60Cl2Zr-2. The van der Waals surface area contributed by atoms with Crippen LogP contribution in [-0.2, 0) is 41.5 Å². The van der Waals surface area contributed by atoms with Gasteiger partial charge in [-0.15, -0.1) is 35.2 Å². The first-order valence-electron chi connectivity index (χ1n) is 18.3. The van der Waals surface area contributed by atoms with Crippen molar-refractivity contribution in [1.29, 1.82) is 0 Å². The van der Waals surface area contributed by atoms with E-state index in [4.69, 9.17) is 0 Å². The van der Waals surface area contributed by atoms with E-state index in [1.165, 1.54) is 66.8 Å². The van der Waals surface area contributed by atoms with Crippen LogP contribution >= 0.6 is 0 Å². The molecule has 0 amide bonds. The summed E-state index contributed by atoms with van der Waals surface area (Å²) in [5.74, 6) is 0. The number of hydrogen-bond donors (Lipinski definition) is 0. The molecule has 4 aromatic rings. The quantitative estimate of drug-likeness (QED) is 0.161. The molecule has 3 heteroatoms. The molecule has 4 aromatic carbocycles. The molecule has 0 aliphatic heterocycles. The van der Waals surface area contributed by atoms with E-state index in [0.29, 0.717) is 10.8 Å². The van der Waals surface area contributed by atoms with Crippen molar-refractivity contribution in [3.8, 4) is 33.4 Å². The van der Waals surface area contributed by atoms with Crippen molar-refractivity contribution in [2.75, 3.05) is 0 Å². The van der Waals surface area contributed by atoms with Gasteiger partial charge in [-0.05, 0) is 58.9 Å². The van der Waals surface area contributed by atoms with Gasteiger partial charge in [0.15, 0.2) is 0 Å². The molecule has 0 spiro atoms. The van der Waals surface area contributed by atoms with Crippen molar-refractivity contribution >= 4 is 3.21 Å². The minimum Gasteiger partial charge on any atom is -1.00 e. The van der Waals surface area contributed by atoms with E-state index in [0.717, 1.165) is 12.8 Å². The van der Waals surface area contributed by atoms with Crippen LogP contribution in [0.1, 0.15) is 123 Å². The summed E-state index contributed by atoms with van der Waals surface area (Å²) in [6.45, 7) is 32.2. The second-order valence-electron chi connectivity index (χ2n) is 18.2. The SMILES string of the molecule is CC(C)(C)[C](=[Zr+2])C(C)(C)C.Cc1ccccc1-c1[c-]c2c(cc1C(C)(C)C)-c1cc(C(C)(C)C)c(-c3ccccc3C)cc1C2.[C-]1=CC=CC1.[Cl-].[Cl-]. The van der Waals surface area contributed by atoms with Gasteiger partial charge in [-0.25, -0.2) is 12.2 Å². The summed E-state index contributed by atoms with van der Waals surface area (Å²) >= 11 is 1.59. The predicted octanol–water partition coefficient (Wildman–Crippen LogP) is 7.72. The number of rotatable bonds is 2. The molecule has 0 N–H and O–H groups in total. The van der Waals surface area contributed by atoms with Crippen LogP contribution in [0.4, 0.5) is 0 Å². The van der Waals surface area contributed by atoms with Crippen LogP contribution in [-0.4, -0.2) is 3.21 Å². The maximum Gasteiger partial charge on any atom is -0.0126 e. The number of benzene rings is 4. The molecule has 0 fully saturated rings. The molecule has 2 aliphatic rings. The molecule has 0 bridgehead atoms. The Morgan fingerprint density at radius 2 is 1.10 bits per heavy atom. The Labute approximate surface area is 345 Å². The molecule has 276 valence electrons. The molecule has 0 saturated carbocycles. The summed E-state index contributed by atoms with van der Waals surface area (Å²) in [7, 11) is 0. The van der Waals surface area contributed by atoms with Crippen LogP contribution in [0.5, 0.6) is 0 Å². The Balaban J connectivity index is 0.000000462. The van der Waals surface area contributed by atoms with Crippen LogP contribution < -0.4 is 24.8 Å². The van der Waals surface area contributed by atoms with E-state index in [-0.39, 0.29) is 35.6 Å². The third kappa shape index (κ3) is 11.1. The van der Waals surface area contributed by atoms with Crippen molar-refractivity contribution in [3.05, 3.63) is 130 Å². The van der Waals surface area contributed by atoms with Gasteiger partial charge in [-0.2, -0.15) is 6.08 Å². The Hall–Kier alpha value is -2.31. The van der Waals surface area contributed by atoms with E-state index in [1.54, 1.807) is 27.4 Å². The molecule has 0 radical (unpaired) electrons. The van der Waals surface area contributed by atoms with Crippen molar-refractivity contribution < 1.29 is 49.0 Å². The van der Waals surface area contributed by atoms with E-state index in [9.17, 15) is 0 Å². The molecule has 0 atom stereocenters. The monoisotopic (exact) mass is 808 g/mol. The second kappa shape index (κ2) is 17.9. The van der Waals surface area contributed by atoms with Crippen molar-refractivity contribution in [3.63, 3.8) is 0 Å². The van der Waals surface area contributed by atoms with Crippen molar-refractivity contribution in [1.82, 2.24) is 0 Å². The Kier molecular flexibility index (Phi) is 15.8. The van der Waals surface area contributed by atoms with Gasteiger partial charge >= 0.3 is 79.8 Å². The maximum absolute atomic E-state index is 3.93. The molecule has 2 aliphatic carbocycles. The van der Waals surface area contributed by atoms with E-state index in [2.05, 4.69) is 182 Å². The molecule has 0 aromatic heterocycles. The zero-order chi connectivity index (χ0) is 37.2. The smallest absolute Gasteiger partial charge is 0.0126 e. The molecule has 0 heterocycles. The van der Waals surface area contributed by atoms with Crippen molar-refractivity contribution in [2.45, 2.75) is 121 Å².